The van der Waals surface area contributed by atoms with Crippen molar-refractivity contribution in [3.05, 3.63) is 0 Å². The van der Waals surface area contributed by atoms with Crippen molar-refractivity contribution >= 4 is 16.7 Å². The molecule has 0 aliphatic carbocycles. The Morgan fingerprint density at radius 3 is 1.71 bits per heavy atom. The van der Waals surface area contributed by atoms with Crippen LogP contribution in [-0.4, -0.2) is 47.6 Å². The lowest BCUT2D eigenvalue weighted by Crippen LogP contribution is -2.46. The predicted molar refractivity (Wildman–Crippen MR) is 78.3 cm³/mol. The van der Waals surface area contributed by atoms with E-state index in [1.165, 1.54) is 18.7 Å². The smallest absolute Gasteiger partial charge is 0.374 e. The van der Waals surface area contributed by atoms with Gasteiger partial charge in [0.05, 0.1) is 0 Å². The van der Waals surface area contributed by atoms with Crippen molar-refractivity contribution in [3.8, 4) is 0 Å². The third kappa shape index (κ3) is 7.53. The fraction of sp³-hybridized carbons (Fsp3) is 1.00. The number of hydrogen-bond acceptors (Lipinski definition) is 3. The van der Waals surface area contributed by atoms with E-state index in [0.717, 1.165) is 6.04 Å². The normalized spacial score (nSPS) is 13.9. The molecule has 0 fully saturated rings. The summed E-state index contributed by atoms with van der Waals surface area (Å²) in [6, 6.07) is 0.967. The molecule has 0 saturated heterocycles. The molecule has 3 nitrogen and oxygen atoms in total. The van der Waals surface area contributed by atoms with Gasteiger partial charge in [0, 0.05) is 25.9 Å². The Hall–Kier alpha value is 0.527. The predicted octanol–water partition coefficient (Wildman–Crippen LogP) is 3.56. The summed E-state index contributed by atoms with van der Waals surface area (Å²) in [5.74, 6) is 0. The Bertz CT molecular complexity index is 164. The van der Waals surface area contributed by atoms with Crippen molar-refractivity contribution in [2.24, 2.45) is 0 Å². The molecule has 104 valence electrons. The number of rotatable bonds is 11. The molecule has 0 radical (unpaired) electrons. The van der Waals surface area contributed by atoms with E-state index in [9.17, 15) is 0 Å². The van der Waals surface area contributed by atoms with Gasteiger partial charge in [0.1, 0.15) is 0 Å². The lowest BCUT2D eigenvalue weighted by Gasteiger charge is -2.28. The van der Waals surface area contributed by atoms with Gasteiger partial charge in [0.25, 0.3) is 0 Å². The van der Waals surface area contributed by atoms with Crippen LogP contribution in [0.2, 0.25) is 6.04 Å². The van der Waals surface area contributed by atoms with E-state index in [4.69, 9.17) is 13.3 Å². The van der Waals surface area contributed by atoms with E-state index in [1.807, 2.05) is 20.8 Å². The van der Waals surface area contributed by atoms with Gasteiger partial charge in [-0.05, 0) is 46.2 Å². The summed E-state index contributed by atoms with van der Waals surface area (Å²) in [6.07, 6.45) is 3.78. The molecular formula is C12H29O3PSi. The molecule has 0 aromatic carbocycles. The molecule has 0 aliphatic heterocycles. The average Bonchev–Trinajstić information content (AvgIpc) is 2.30. The second-order valence-electron chi connectivity index (χ2n) is 3.98. The zero-order chi connectivity index (χ0) is 13.1. The van der Waals surface area contributed by atoms with Crippen LogP contribution in [0.4, 0.5) is 0 Å². The van der Waals surface area contributed by atoms with Crippen LogP contribution in [0.15, 0.2) is 0 Å². The number of hydrogen-bond donors (Lipinski definition) is 0. The molecular weight excluding hydrogens is 251 g/mol. The third-order valence-corrected chi connectivity index (χ3v) is 7.97. The molecule has 0 aromatic heterocycles. The molecule has 0 spiro atoms. The first-order valence-corrected chi connectivity index (χ1v) is 10.8. The monoisotopic (exact) mass is 280 g/mol. The van der Waals surface area contributed by atoms with Gasteiger partial charge in [-0.3, -0.25) is 0 Å². The van der Waals surface area contributed by atoms with Crippen molar-refractivity contribution in [1.82, 2.24) is 0 Å². The topological polar surface area (TPSA) is 27.7 Å². The Morgan fingerprint density at radius 2 is 1.35 bits per heavy atom. The highest BCUT2D eigenvalue weighted by molar-refractivity contribution is 7.56. The first-order chi connectivity index (χ1) is 8.14. The molecule has 0 N–H and O–H groups in total. The van der Waals surface area contributed by atoms with Gasteiger partial charge in [-0.2, -0.15) is 0 Å². The minimum absolute atomic E-state index is 0.196. The van der Waals surface area contributed by atoms with E-state index in [2.05, 4.69) is 13.6 Å². The summed E-state index contributed by atoms with van der Waals surface area (Å²) in [6.45, 7) is 12.7. The highest BCUT2D eigenvalue weighted by Gasteiger charge is 2.39. The zero-order valence-corrected chi connectivity index (χ0v) is 14.0. The van der Waals surface area contributed by atoms with E-state index in [0.29, 0.717) is 19.8 Å². The van der Waals surface area contributed by atoms with Crippen molar-refractivity contribution in [3.63, 3.8) is 0 Å². The van der Waals surface area contributed by atoms with E-state index in [1.54, 1.807) is 0 Å². The van der Waals surface area contributed by atoms with Gasteiger partial charge < -0.3 is 13.3 Å². The van der Waals surface area contributed by atoms with Crippen LogP contribution in [0.5, 0.6) is 0 Å². The van der Waals surface area contributed by atoms with Crippen molar-refractivity contribution in [2.45, 2.75) is 40.2 Å². The molecule has 0 saturated carbocycles. The van der Waals surface area contributed by atoms with Crippen molar-refractivity contribution < 1.29 is 13.3 Å². The van der Waals surface area contributed by atoms with Gasteiger partial charge >= 0.3 is 8.80 Å². The van der Waals surface area contributed by atoms with Crippen molar-refractivity contribution in [1.29, 1.82) is 0 Å². The molecule has 0 rings (SSSR count). The molecule has 1 unspecified atom stereocenters. The summed E-state index contributed by atoms with van der Waals surface area (Å²) < 4.78 is 17.5. The van der Waals surface area contributed by atoms with Gasteiger partial charge in [-0.15, -0.1) is 7.92 Å². The zero-order valence-electron chi connectivity index (χ0n) is 12.1. The summed E-state index contributed by atoms with van der Waals surface area (Å²) in [5, 5.41) is 0. The first kappa shape index (κ1) is 17.5. The fourth-order valence-electron chi connectivity index (χ4n) is 1.72. The SMILES string of the molecule is CCO[Si](CCCP(C)CC)(OCC)OCC. The molecule has 0 bridgehead atoms. The van der Waals surface area contributed by atoms with E-state index in [-0.39, 0.29) is 7.92 Å². The maximum absolute atomic E-state index is 5.83. The van der Waals surface area contributed by atoms with Gasteiger partial charge in [0.2, 0.25) is 0 Å². The van der Waals surface area contributed by atoms with Crippen molar-refractivity contribution in [2.75, 3.05) is 38.8 Å². The summed E-state index contributed by atoms with van der Waals surface area (Å²) in [4.78, 5) is 0. The largest absolute Gasteiger partial charge is 0.500 e. The molecule has 0 heterocycles. The maximum atomic E-state index is 5.83. The summed E-state index contributed by atoms with van der Waals surface area (Å²) >= 11 is 0. The van der Waals surface area contributed by atoms with Gasteiger partial charge in [0.15, 0.2) is 0 Å². The molecule has 0 aromatic rings. The Kier molecular flexibility index (Phi) is 10.8. The fourth-order valence-corrected chi connectivity index (χ4v) is 5.65. The van der Waals surface area contributed by atoms with Crippen LogP contribution in [0.25, 0.3) is 0 Å². The second kappa shape index (κ2) is 10.4. The van der Waals surface area contributed by atoms with E-state index < -0.39 is 8.80 Å². The molecule has 0 aliphatic rings. The van der Waals surface area contributed by atoms with Crippen LogP contribution in [0.3, 0.4) is 0 Å². The van der Waals surface area contributed by atoms with Crippen LogP contribution in [-0.2, 0) is 13.3 Å². The van der Waals surface area contributed by atoms with Gasteiger partial charge in [-0.25, -0.2) is 0 Å². The molecule has 5 heteroatoms. The van der Waals surface area contributed by atoms with E-state index >= 15 is 0 Å². The van der Waals surface area contributed by atoms with Crippen LogP contribution < -0.4 is 0 Å². The van der Waals surface area contributed by atoms with Crippen LogP contribution in [0, 0.1) is 0 Å². The Balaban J connectivity index is 4.23. The van der Waals surface area contributed by atoms with Gasteiger partial charge in [-0.1, -0.05) is 6.92 Å². The first-order valence-electron chi connectivity index (χ1n) is 6.74. The quantitative estimate of drug-likeness (QED) is 0.428. The lowest BCUT2D eigenvalue weighted by molar-refractivity contribution is 0.0712. The highest BCUT2D eigenvalue weighted by Crippen LogP contribution is 2.32. The Labute approximate surface area is 109 Å². The summed E-state index contributed by atoms with van der Waals surface area (Å²) in [5.41, 5.74) is 0. The standard InChI is InChI=1S/C12H29O3PSi/c1-6-13-17(14-7-2,15-8-3)12-10-11-16(5)9-4/h6-12H2,1-5H3. The lowest BCUT2D eigenvalue weighted by atomic mass is 10.6. The third-order valence-electron chi connectivity index (χ3n) is 2.66. The molecule has 17 heavy (non-hydrogen) atoms. The second-order valence-corrected chi connectivity index (χ2v) is 9.51. The highest BCUT2D eigenvalue weighted by atomic mass is 31.1. The van der Waals surface area contributed by atoms with Crippen LogP contribution >= 0.6 is 7.92 Å². The molecule has 0 amide bonds. The minimum Gasteiger partial charge on any atom is -0.374 e. The Morgan fingerprint density at radius 1 is 0.882 bits per heavy atom. The average molecular weight is 280 g/mol. The van der Waals surface area contributed by atoms with Crippen LogP contribution in [0.1, 0.15) is 34.1 Å². The maximum Gasteiger partial charge on any atom is 0.500 e. The summed E-state index contributed by atoms with van der Waals surface area (Å²) in [7, 11) is -2.17. The molecule has 1 atom stereocenters. The minimum atomic E-state index is -2.36.